The molecule has 0 spiro atoms. The summed E-state index contributed by atoms with van der Waals surface area (Å²) in [5, 5.41) is 5.05. The number of carbonyl (C=O) groups is 1. The minimum absolute atomic E-state index is 0.0478. The Bertz CT molecular complexity index is 610. The Balaban J connectivity index is 1.98. The van der Waals surface area contributed by atoms with Gasteiger partial charge in [0.25, 0.3) is 5.91 Å². The van der Waals surface area contributed by atoms with E-state index in [2.05, 4.69) is 35.1 Å². The fourth-order valence-electron chi connectivity index (χ4n) is 1.80. The number of rotatable bonds is 5. The second-order valence-corrected chi connectivity index (χ2v) is 6.06. The second kappa shape index (κ2) is 6.75. The van der Waals surface area contributed by atoms with Crippen LogP contribution in [0.3, 0.4) is 0 Å². The van der Waals surface area contributed by atoms with Gasteiger partial charge in [0.1, 0.15) is 5.75 Å². The van der Waals surface area contributed by atoms with E-state index >= 15 is 0 Å². The van der Waals surface area contributed by atoms with E-state index in [1.165, 1.54) is 0 Å². The molecule has 0 fully saturated rings. The molecule has 0 aromatic heterocycles. The van der Waals surface area contributed by atoms with Gasteiger partial charge in [0.05, 0.1) is 0 Å². The molecule has 2 aromatic rings. The highest BCUT2D eigenvalue weighted by Gasteiger charge is 2.04. The van der Waals surface area contributed by atoms with Crippen LogP contribution in [0.2, 0.25) is 0 Å². The summed E-state index contributed by atoms with van der Waals surface area (Å²) in [5.74, 6) is 1.06. The molecule has 106 valence electrons. The summed E-state index contributed by atoms with van der Waals surface area (Å²) in [6.45, 7) is 4.84. The maximum Gasteiger partial charge on any atom is 0.257 e. The first-order valence-corrected chi connectivity index (χ1v) is 7.43. The van der Waals surface area contributed by atoms with E-state index in [-0.39, 0.29) is 12.5 Å². The molecule has 0 radical (unpaired) electrons. The molecule has 0 heterocycles. The highest BCUT2D eigenvalue weighted by molar-refractivity contribution is 9.10. The van der Waals surface area contributed by atoms with E-state index in [1.807, 2.05) is 36.4 Å². The van der Waals surface area contributed by atoms with Crippen LogP contribution < -0.4 is 10.1 Å². The number of halogens is 1. The van der Waals surface area contributed by atoms with Gasteiger partial charge in [-0.05, 0) is 41.0 Å². The SMILES string of the molecule is CC(C)CNC(=O)COc1ccc2ccc(Br)cc2c1. The van der Waals surface area contributed by atoms with Crippen LogP contribution in [0.1, 0.15) is 13.8 Å². The Morgan fingerprint density at radius 2 is 1.95 bits per heavy atom. The van der Waals surface area contributed by atoms with Crippen molar-refractivity contribution in [1.29, 1.82) is 0 Å². The number of carbonyl (C=O) groups excluding carboxylic acids is 1. The summed E-state index contributed by atoms with van der Waals surface area (Å²) in [6, 6.07) is 11.9. The van der Waals surface area contributed by atoms with E-state index in [9.17, 15) is 4.79 Å². The van der Waals surface area contributed by atoms with Gasteiger partial charge in [-0.15, -0.1) is 0 Å². The molecule has 0 aliphatic carbocycles. The largest absolute Gasteiger partial charge is 0.484 e. The first-order valence-electron chi connectivity index (χ1n) is 6.63. The minimum atomic E-state index is -0.0898. The number of hydrogen-bond donors (Lipinski definition) is 1. The van der Waals surface area contributed by atoms with Crippen LogP contribution in [0, 0.1) is 5.92 Å². The molecule has 0 unspecified atom stereocenters. The molecule has 2 aromatic carbocycles. The van der Waals surface area contributed by atoms with Crippen LogP contribution in [0.5, 0.6) is 5.75 Å². The minimum Gasteiger partial charge on any atom is -0.484 e. The molecular weight excluding hydrogens is 318 g/mol. The fourth-order valence-corrected chi connectivity index (χ4v) is 2.18. The highest BCUT2D eigenvalue weighted by Crippen LogP contribution is 2.24. The molecule has 0 saturated carbocycles. The first kappa shape index (κ1) is 14.9. The lowest BCUT2D eigenvalue weighted by Crippen LogP contribution is -2.31. The Morgan fingerprint density at radius 3 is 2.70 bits per heavy atom. The number of hydrogen-bond acceptors (Lipinski definition) is 2. The molecule has 1 N–H and O–H groups in total. The van der Waals surface area contributed by atoms with Crippen LogP contribution >= 0.6 is 15.9 Å². The zero-order valence-corrected chi connectivity index (χ0v) is 13.2. The van der Waals surface area contributed by atoms with Gasteiger partial charge in [0.15, 0.2) is 6.61 Å². The Kier molecular flexibility index (Phi) is 5.01. The van der Waals surface area contributed by atoms with Gasteiger partial charge < -0.3 is 10.1 Å². The van der Waals surface area contributed by atoms with Gasteiger partial charge >= 0.3 is 0 Å². The van der Waals surface area contributed by atoms with Crippen molar-refractivity contribution in [2.45, 2.75) is 13.8 Å². The Morgan fingerprint density at radius 1 is 1.20 bits per heavy atom. The number of fused-ring (bicyclic) bond motifs is 1. The lowest BCUT2D eigenvalue weighted by atomic mass is 10.1. The van der Waals surface area contributed by atoms with Gasteiger partial charge in [-0.3, -0.25) is 4.79 Å². The molecule has 20 heavy (non-hydrogen) atoms. The van der Waals surface area contributed by atoms with Crippen molar-refractivity contribution in [2.24, 2.45) is 5.92 Å². The number of benzene rings is 2. The van der Waals surface area contributed by atoms with Crippen molar-refractivity contribution in [3.05, 3.63) is 40.9 Å². The zero-order chi connectivity index (χ0) is 14.5. The van der Waals surface area contributed by atoms with Crippen LogP contribution in [-0.4, -0.2) is 19.1 Å². The molecule has 2 rings (SSSR count). The van der Waals surface area contributed by atoms with Gasteiger partial charge in [-0.25, -0.2) is 0 Å². The molecule has 4 heteroatoms. The third-order valence-electron chi connectivity index (χ3n) is 2.85. The summed E-state index contributed by atoms with van der Waals surface area (Å²) in [4.78, 5) is 11.6. The first-order chi connectivity index (χ1) is 9.54. The molecule has 0 bridgehead atoms. The number of amides is 1. The Labute approximate surface area is 127 Å². The molecule has 0 atom stereocenters. The van der Waals surface area contributed by atoms with Gasteiger partial charge in [-0.2, -0.15) is 0 Å². The summed E-state index contributed by atoms with van der Waals surface area (Å²) >= 11 is 3.45. The molecular formula is C16H18BrNO2. The smallest absolute Gasteiger partial charge is 0.257 e. The standard InChI is InChI=1S/C16H18BrNO2/c1-11(2)9-18-16(19)10-20-15-6-4-12-3-5-14(17)7-13(12)8-15/h3-8,11H,9-10H2,1-2H3,(H,18,19). The average molecular weight is 336 g/mol. The van der Waals surface area contributed by atoms with E-state index in [1.54, 1.807) is 0 Å². The van der Waals surface area contributed by atoms with Crippen LogP contribution in [-0.2, 0) is 4.79 Å². The van der Waals surface area contributed by atoms with Gasteiger partial charge in [0, 0.05) is 11.0 Å². The molecule has 1 amide bonds. The summed E-state index contributed by atoms with van der Waals surface area (Å²) in [5.41, 5.74) is 0. The molecule has 3 nitrogen and oxygen atoms in total. The summed E-state index contributed by atoms with van der Waals surface area (Å²) in [7, 11) is 0. The average Bonchev–Trinajstić information content (AvgIpc) is 2.42. The van der Waals surface area contributed by atoms with Crippen LogP contribution in [0.25, 0.3) is 10.8 Å². The third-order valence-corrected chi connectivity index (χ3v) is 3.34. The molecule has 0 aliphatic rings. The van der Waals surface area contributed by atoms with Gasteiger partial charge in [0.2, 0.25) is 0 Å². The van der Waals surface area contributed by atoms with E-state index in [4.69, 9.17) is 4.74 Å². The molecule has 0 saturated heterocycles. The lowest BCUT2D eigenvalue weighted by Gasteiger charge is -2.09. The quantitative estimate of drug-likeness (QED) is 0.903. The van der Waals surface area contributed by atoms with E-state index in [0.717, 1.165) is 15.2 Å². The predicted octanol–water partition coefficient (Wildman–Crippen LogP) is 3.75. The second-order valence-electron chi connectivity index (χ2n) is 5.14. The van der Waals surface area contributed by atoms with Crippen molar-refractivity contribution in [3.63, 3.8) is 0 Å². The number of nitrogens with one attached hydrogen (secondary N) is 1. The normalized spacial score (nSPS) is 10.8. The third kappa shape index (κ3) is 4.23. The monoisotopic (exact) mass is 335 g/mol. The highest BCUT2D eigenvalue weighted by atomic mass is 79.9. The predicted molar refractivity (Wildman–Crippen MR) is 85.0 cm³/mol. The topological polar surface area (TPSA) is 38.3 Å². The molecule has 0 aliphatic heterocycles. The maximum atomic E-state index is 11.6. The van der Waals surface area contributed by atoms with Crippen molar-refractivity contribution >= 4 is 32.6 Å². The maximum absolute atomic E-state index is 11.6. The van der Waals surface area contributed by atoms with Crippen molar-refractivity contribution < 1.29 is 9.53 Å². The summed E-state index contributed by atoms with van der Waals surface area (Å²) in [6.07, 6.45) is 0. The fraction of sp³-hybridized carbons (Fsp3) is 0.312. The van der Waals surface area contributed by atoms with Crippen molar-refractivity contribution in [3.8, 4) is 5.75 Å². The van der Waals surface area contributed by atoms with Gasteiger partial charge in [-0.1, -0.05) is 41.9 Å². The number of ether oxygens (including phenoxy) is 1. The van der Waals surface area contributed by atoms with Crippen molar-refractivity contribution in [1.82, 2.24) is 5.32 Å². The van der Waals surface area contributed by atoms with E-state index in [0.29, 0.717) is 18.2 Å². The van der Waals surface area contributed by atoms with Crippen LogP contribution in [0.15, 0.2) is 40.9 Å². The zero-order valence-electron chi connectivity index (χ0n) is 11.7. The lowest BCUT2D eigenvalue weighted by molar-refractivity contribution is -0.123. The van der Waals surface area contributed by atoms with E-state index < -0.39 is 0 Å². The summed E-state index contributed by atoms with van der Waals surface area (Å²) < 4.78 is 6.55. The van der Waals surface area contributed by atoms with Crippen molar-refractivity contribution in [2.75, 3.05) is 13.2 Å². The van der Waals surface area contributed by atoms with Crippen LogP contribution in [0.4, 0.5) is 0 Å². The Hall–Kier alpha value is -1.55.